The van der Waals surface area contributed by atoms with E-state index in [9.17, 15) is 9.59 Å². The molecule has 1 aromatic heterocycles. The van der Waals surface area contributed by atoms with Gasteiger partial charge in [-0.25, -0.2) is 4.79 Å². The second-order valence-corrected chi connectivity index (χ2v) is 4.85. The van der Waals surface area contributed by atoms with Crippen LogP contribution in [0.15, 0.2) is 39.5 Å². The van der Waals surface area contributed by atoms with Crippen LogP contribution in [0.4, 0.5) is 0 Å². The lowest BCUT2D eigenvalue weighted by molar-refractivity contribution is 0.0946. The van der Waals surface area contributed by atoms with Gasteiger partial charge in [-0.05, 0) is 31.9 Å². The topological polar surface area (TPSA) is 59.3 Å². The summed E-state index contributed by atoms with van der Waals surface area (Å²) >= 11 is 0. The van der Waals surface area contributed by atoms with Crippen LogP contribution in [0, 0.1) is 20.8 Å². The molecule has 20 heavy (non-hydrogen) atoms. The van der Waals surface area contributed by atoms with Crippen molar-refractivity contribution >= 4 is 5.91 Å². The predicted molar refractivity (Wildman–Crippen MR) is 76.8 cm³/mol. The Hall–Kier alpha value is -2.36. The van der Waals surface area contributed by atoms with Gasteiger partial charge < -0.3 is 9.73 Å². The van der Waals surface area contributed by atoms with Gasteiger partial charge in [0.15, 0.2) is 0 Å². The lowest BCUT2D eigenvalue weighted by Gasteiger charge is -2.09. The summed E-state index contributed by atoms with van der Waals surface area (Å²) in [6.07, 6.45) is 0. The van der Waals surface area contributed by atoms with Crippen LogP contribution < -0.4 is 10.9 Å². The fourth-order valence-electron chi connectivity index (χ4n) is 2.19. The third kappa shape index (κ3) is 3.15. The summed E-state index contributed by atoms with van der Waals surface area (Å²) < 4.78 is 4.96. The van der Waals surface area contributed by atoms with Crippen molar-refractivity contribution in [2.75, 3.05) is 0 Å². The van der Waals surface area contributed by atoms with Crippen molar-refractivity contribution in [3.05, 3.63) is 68.8 Å². The smallest absolute Gasteiger partial charge is 0.336 e. The second kappa shape index (κ2) is 5.74. The Kier molecular flexibility index (Phi) is 4.03. The van der Waals surface area contributed by atoms with Gasteiger partial charge in [-0.2, -0.15) is 0 Å². The number of hydrogen-bond acceptors (Lipinski definition) is 3. The standard InChI is InChI=1S/C16H17NO3/c1-10-5-4-6-13(7-10)9-17-16(19)15-11(2)8-14(18)20-12(15)3/h4-8H,9H2,1-3H3,(H,17,19). The number of rotatable bonds is 3. The molecule has 0 saturated heterocycles. The number of aryl methyl sites for hydroxylation is 3. The molecule has 0 aliphatic heterocycles. The highest BCUT2D eigenvalue weighted by Crippen LogP contribution is 2.11. The zero-order valence-corrected chi connectivity index (χ0v) is 11.8. The van der Waals surface area contributed by atoms with Gasteiger partial charge in [-0.15, -0.1) is 0 Å². The maximum Gasteiger partial charge on any atom is 0.336 e. The van der Waals surface area contributed by atoms with Crippen molar-refractivity contribution in [3.63, 3.8) is 0 Å². The number of hydrogen-bond donors (Lipinski definition) is 1. The van der Waals surface area contributed by atoms with Crippen LogP contribution in [0.25, 0.3) is 0 Å². The first-order chi connectivity index (χ1) is 9.47. The second-order valence-electron chi connectivity index (χ2n) is 4.85. The van der Waals surface area contributed by atoms with Crippen molar-refractivity contribution in [2.24, 2.45) is 0 Å². The minimum Gasteiger partial charge on any atom is -0.427 e. The minimum atomic E-state index is -0.435. The molecule has 1 amide bonds. The average Bonchev–Trinajstić information content (AvgIpc) is 2.35. The Balaban J connectivity index is 2.15. The van der Waals surface area contributed by atoms with E-state index >= 15 is 0 Å². The van der Waals surface area contributed by atoms with Gasteiger partial charge in [0.2, 0.25) is 0 Å². The first-order valence-corrected chi connectivity index (χ1v) is 6.42. The van der Waals surface area contributed by atoms with Crippen molar-refractivity contribution in [1.29, 1.82) is 0 Å². The Bertz CT molecular complexity index is 675. The molecule has 0 atom stereocenters. The van der Waals surface area contributed by atoms with Gasteiger partial charge in [0.05, 0.1) is 5.56 Å². The molecule has 2 rings (SSSR count). The van der Waals surface area contributed by atoms with Crippen LogP contribution in [0.1, 0.15) is 32.8 Å². The van der Waals surface area contributed by atoms with Crippen LogP contribution in [-0.2, 0) is 6.54 Å². The molecular weight excluding hydrogens is 254 g/mol. The molecule has 2 aromatic rings. The summed E-state index contributed by atoms with van der Waals surface area (Å²) in [4.78, 5) is 23.4. The van der Waals surface area contributed by atoms with Gasteiger partial charge in [0, 0.05) is 12.6 Å². The third-order valence-electron chi connectivity index (χ3n) is 3.10. The van der Waals surface area contributed by atoms with E-state index in [4.69, 9.17) is 4.42 Å². The summed E-state index contributed by atoms with van der Waals surface area (Å²) in [5, 5.41) is 2.84. The molecule has 0 spiro atoms. The highest BCUT2D eigenvalue weighted by molar-refractivity contribution is 5.96. The van der Waals surface area contributed by atoms with Gasteiger partial charge >= 0.3 is 5.63 Å². The Morgan fingerprint density at radius 1 is 1.20 bits per heavy atom. The molecular formula is C16H17NO3. The summed E-state index contributed by atoms with van der Waals surface area (Å²) in [5.41, 5.74) is 2.80. The minimum absolute atomic E-state index is 0.231. The van der Waals surface area contributed by atoms with E-state index in [0.29, 0.717) is 23.4 Å². The van der Waals surface area contributed by atoms with Gasteiger partial charge in [0.1, 0.15) is 5.76 Å². The maximum absolute atomic E-state index is 12.2. The SMILES string of the molecule is Cc1cccc(CNC(=O)c2c(C)cc(=O)oc2C)c1. The van der Waals surface area contributed by atoms with Crippen LogP contribution in [0.5, 0.6) is 0 Å². The molecule has 0 unspecified atom stereocenters. The quantitative estimate of drug-likeness (QED) is 0.933. The highest BCUT2D eigenvalue weighted by atomic mass is 16.4. The summed E-state index contributed by atoms with van der Waals surface area (Å²) in [5.74, 6) is 0.113. The molecule has 1 N–H and O–H groups in total. The van der Waals surface area contributed by atoms with Crippen LogP contribution in [-0.4, -0.2) is 5.91 Å². The molecule has 0 aliphatic rings. The molecule has 1 aromatic carbocycles. The van der Waals surface area contributed by atoms with Gasteiger partial charge in [-0.3, -0.25) is 4.79 Å². The Morgan fingerprint density at radius 3 is 2.60 bits per heavy atom. The summed E-state index contributed by atoms with van der Waals surface area (Å²) in [6.45, 7) is 5.80. The molecule has 0 fully saturated rings. The number of amides is 1. The molecule has 0 bridgehead atoms. The van der Waals surface area contributed by atoms with Gasteiger partial charge in [-0.1, -0.05) is 29.8 Å². The number of carbonyl (C=O) groups is 1. The lowest BCUT2D eigenvalue weighted by Crippen LogP contribution is -2.25. The predicted octanol–water partition coefficient (Wildman–Crippen LogP) is 2.50. The van der Waals surface area contributed by atoms with E-state index < -0.39 is 5.63 Å². The molecule has 4 heteroatoms. The first kappa shape index (κ1) is 14.1. The van der Waals surface area contributed by atoms with Crippen molar-refractivity contribution in [3.8, 4) is 0 Å². The van der Waals surface area contributed by atoms with Crippen molar-refractivity contribution < 1.29 is 9.21 Å². The number of benzene rings is 1. The molecule has 0 aliphatic carbocycles. The lowest BCUT2D eigenvalue weighted by atomic mass is 10.1. The maximum atomic E-state index is 12.2. The van der Waals surface area contributed by atoms with Crippen molar-refractivity contribution in [2.45, 2.75) is 27.3 Å². The molecule has 0 radical (unpaired) electrons. The van der Waals surface area contributed by atoms with Crippen LogP contribution in [0.3, 0.4) is 0 Å². The van der Waals surface area contributed by atoms with E-state index in [0.717, 1.165) is 11.1 Å². The first-order valence-electron chi connectivity index (χ1n) is 6.42. The normalized spacial score (nSPS) is 10.3. The van der Waals surface area contributed by atoms with Crippen molar-refractivity contribution in [1.82, 2.24) is 5.32 Å². The molecule has 0 saturated carbocycles. The molecule has 1 heterocycles. The van der Waals surface area contributed by atoms with Crippen LogP contribution in [0.2, 0.25) is 0 Å². The molecule has 4 nitrogen and oxygen atoms in total. The third-order valence-corrected chi connectivity index (χ3v) is 3.10. The molecule has 104 valence electrons. The summed E-state index contributed by atoms with van der Waals surface area (Å²) in [7, 11) is 0. The Labute approximate surface area is 117 Å². The van der Waals surface area contributed by atoms with E-state index in [-0.39, 0.29) is 5.91 Å². The monoisotopic (exact) mass is 271 g/mol. The average molecular weight is 271 g/mol. The highest BCUT2D eigenvalue weighted by Gasteiger charge is 2.14. The summed E-state index contributed by atoms with van der Waals surface area (Å²) in [6, 6.07) is 9.26. The van der Waals surface area contributed by atoms with E-state index in [2.05, 4.69) is 5.32 Å². The largest absolute Gasteiger partial charge is 0.427 e. The number of nitrogens with one attached hydrogen (secondary N) is 1. The van der Waals surface area contributed by atoms with E-state index in [1.165, 1.54) is 6.07 Å². The van der Waals surface area contributed by atoms with Crippen LogP contribution >= 0.6 is 0 Å². The van der Waals surface area contributed by atoms with E-state index in [1.54, 1.807) is 13.8 Å². The van der Waals surface area contributed by atoms with Gasteiger partial charge in [0.25, 0.3) is 5.91 Å². The fraction of sp³-hybridized carbons (Fsp3) is 0.250. The number of carbonyl (C=O) groups excluding carboxylic acids is 1. The van der Waals surface area contributed by atoms with E-state index in [1.807, 2.05) is 31.2 Å². The zero-order valence-electron chi connectivity index (χ0n) is 11.8. The fourth-order valence-corrected chi connectivity index (χ4v) is 2.19. The Morgan fingerprint density at radius 2 is 1.95 bits per heavy atom. The zero-order chi connectivity index (χ0) is 14.7.